The molecule has 1 aromatic carbocycles. The highest BCUT2D eigenvalue weighted by Crippen LogP contribution is 2.32. The molecule has 0 spiro atoms. The van der Waals surface area contributed by atoms with Crippen molar-refractivity contribution in [1.29, 1.82) is 0 Å². The van der Waals surface area contributed by atoms with Crippen LogP contribution in [0.4, 0.5) is 5.69 Å². The molecule has 1 heterocycles. The average molecular weight is 217 g/mol. The number of nitrogens with two attached hydrogens (primary N) is 1. The van der Waals surface area contributed by atoms with E-state index in [9.17, 15) is 0 Å². The molecule has 0 aliphatic carbocycles. The molecule has 4 nitrogen and oxygen atoms in total. The molecule has 16 heavy (non-hydrogen) atoms. The smallest absolute Gasteiger partial charge is 0.128 e. The van der Waals surface area contributed by atoms with E-state index in [1.807, 2.05) is 38.2 Å². The van der Waals surface area contributed by atoms with Gasteiger partial charge in [0.05, 0.1) is 12.3 Å². The minimum Gasteiger partial charge on any atom is -0.493 e. The fourth-order valence-electron chi connectivity index (χ4n) is 1.66. The predicted octanol–water partition coefficient (Wildman–Crippen LogP) is 2.07. The van der Waals surface area contributed by atoms with E-state index in [4.69, 9.17) is 10.5 Å². The van der Waals surface area contributed by atoms with E-state index in [2.05, 4.69) is 5.10 Å². The SMILES string of the molecule is CCOc1ccccc1-c1nn(C)cc1N. The van der Waals surface area contributed by atoms with E-state index in [0.717, 1.165) is 17.0 Å². The number of nitrogens with zero attached hydrogens (tertiary/aromatic N) is 2. The lowest BCUT2D eigenvalue weighted by Crippen LogP contribution is -1.96. The number of para-hydroxylation sites is 1. The Morgan fingerprint density at radius 1 is 1.38 bits per heavy atom. The predicted molar refractivity (Wildman–Crippen MR) is 64.2 cm³/mol. The quantitative estimate of drug-likeness (QED) is 0.856. The van der Waals surface area contributed by atoms with E-state index < -0.39 is 0 Å². The third-order valence-electron chi connectivity index (χ3n) is 2.30. The molecule has 4 heteroatoms. The monoisotopic (exact) mass is 217 g/mol. The molecule has 0 aliphatic heterocycles. The molecule has 0 aliphatic rings. The van der Waals surface area contributed by atoms with Crippen molar-refractivity contribution in [3.8, 4) is 17.0 Å². The molecular formula is C12H15N3O. The highest BCUT2D eigenvalue weighted by Gasteiger charge is 2.11. The van der Waals surface area contributed by atoms with Crippen molar-refractivity contribution in [2.75, 3.05) is 12.3 Å². The minimum atomic E-state index is 0.629. The summed E-state index contributed by atoms with van der Waals surface area (Å²) in [7, 11) is 1.85. The highest BCUT2D eigenvalue weighted by molar-refractivity contribution is 5.76. The Bertz CT molecular complexity index is 491. The summed E-state index contributed by atoms with van der Waals surface area (Å²) >= 11 is 0. The third kappa shape index (κ3) is 1.86. The summed E-state index contributed by atoms with van der Waals surface area (Å²) in [5.41, 5.74) is 8.26. The van der Waals surface area contributed by atoms with Crippen molar-refractivity contribution < 1.29 is 4.74 Å². The summed E-state index contributed by atoms with van der Waals surface area (Å²) < 4.78 is 7.25. The van der Waals surface area contributed by atoms with Crippen LogP contribution in [-0.2, 0) is 7.05 Å². The summed E-state index contributed by atoms with van der Waals surface area (Å²) in [6.45, 7) is 2.59. The second-order valence-corrected chi connectivity index (χ2v) is 3.54. The molecule has 0 saturated heterocycles. The molecular weight excluding hydrogens is 202 g/mol. The Hall–Kier alpha value is -1.97. The summed E-state index contributed by atoms with van der Waals surface area (Å²) in [5.74, 6) is 0.815. The third-order valence-corrected chi connectivity index (χ3v) is 2.30. The minimum absolute atomic E-state index is 0.629. The van der Waals surface area contributed by atoms with Gasteiger partial charge in [0.25, 0.3) is 0 Å². The second kappa shape index (κ2) is 4.26. The van der Waals surface area contributed by atoms with Gasteiger partial charge in [-0.15, -0.1) is 0 Å². The van der Waals surface area contributed by atoms with Crippen molar-refractivity contribution in [2.24, 2.45) is 7.05 Å². The number of anilines is 1. The number of nitrogen functional groups attached to an aromatic ring is 1. The first-order chi connectivity index (χ1) is 7.72. The molecule has 2 rings (SSSR count). The van der Waals surface area contributed by atoms with Gasteiger partial charge < -0.3 is 10.5 Å². The van der Waals surface area contributed by atoms with Crippen LogP contribution in [0, 0.1) is 0 Å². The summed E-state index contributed by atoms with van der Waals surface area (Å²) in [4.78, 5) is 0. The van der Waals surface area contributed by atoms with Crippen molar-refractivity contribution >= 4 is 5.69 Å². The average Bonchev–Trinajstić information content (AvgIpc) is 2.59. The van der Waals surface area contributed by atoms with Crippen molar-refractivity contribution in [3.63, 3.8) is 0 Å². The molecule has 2 N–H and O–H groups in total. The molecule has 0 fully saturated rings. The van der Waals surface area contributed by atoms with Crippen LogP contribution >= 0.6 is 0 Å². The van der Waals surface area contributed by atoms with Crippen LogP contribution in [0.25, 0.3) is 11.3 Å². The fourth-order valence-corrected chi connectivity index (χ4v) is 1.66. The van der Waals surface area contributed by atoms with Gasteiger partial charge in [0.1, 0.15) is 11.4 Å². The Labute approximate surface area is 94.6 Å². The van der Waals surface area contributed by atoms with E-state index in [-0.39, 0.29) is 0 Å². The standard InChI is InChI=1S/C12H15N3O/c1-3-16-11-7-5-4-6-9(11)12-10(13)8-15(2)14-12/h4-8H,3,13H2,1-2H3. The van der Waals surface area contributed by atoms with Gasteiger partial charge in [0.2, 0.25) is 0 Å². The van der Waals surface area contributed by atoms with Gasteiger partial charge in [-0.2, -0.15) is 5.10 Å². The van der Waals surface area contributed by atoms with Crippen LogP contribution in [0.3, 0.4) is 0 Å². The van der Waals surface area contributed by atoms with Crippen LogP contribution in [0.15, 0.2) is 30.5 Å². The van der Waals surface area contributed by atoms with Crippen molar-refractivity contribution in [1.82, 2.24) is 9.78 Å². The Kier molecular flexibility index (Phi) is 2.81. The highest BCUT2D eigenvalue weighted by atomic mass is 16.5. The zero-order valence-electron chi connectivity index (χ0n) is 9.47. The first kappa shape index (κ1) is 10.5. The van der Waals surface area contributed by atoms with Crippen LogP contribution in [0.2, 0.25) is 0 Å². The molecule has 0 radical (unpaired) electrons. The topological polar surface area (TPSA) is 53.1 Å². The van der Waals surface area contributed by atoms with E-state index in [1.54, 1.807) is 10.9 Å². The number of hydrogen-bond donors (Lipinski definition) is 1. The largest absolute Gasteiger partial charge is 0.493 e. The van der Waals surface area contributed by atoms with Gasteiger partial charge in [0, 0.05) is 18.8 Å². The lowest BCUT2D eigenvalue weighted by atomic mass is 10.1. The lowest BCUT2D eigenvalue weighted by Gasteiger charge is -2.08. The summed E-state index contributed by atoms with van der Waals surface area (Å²) in [5, 5.41) is 4.34. The van der Waals surface area contributed by atoms with Crippen LogP contribution in [0.5, 0.6) is 5.75 Å². The fraction of sp³-hybridized carbons (Fsp3) is 0.250. The van der Waals surface area contributed by atoms with E-state index in [1.165, 1.54) is 0 Å². The molecule has 2 aromatic rings. The Morgan fingerprint density at radius 2 is 2.12 bits per heavy atom. The van der Waals surface area contributed by atoms with Crippen molar-refractivity contribution in [2.45, 2.75) is 6.92 Å². The number of ether oxygens (including phenoxy) is 1. The molecule has 84 valence electrons. The maximum absolute atomic E-state index is 5.90. The second-order valence-electron chi connectivity index (χ2n) is 3.54. The van der Waals surface area contributed by atoms with Crippen LogP contribution in [0.1, 0.15) is 6.92 Å². The van der Waals surface area contributed by atoms with Gasteiger partial charge in [-0.1, -0.05) is 12.1 Å². The number of aryl methyl sites for hydroxylation is 1. The molecule has 1 aromatic heterocycles. The van der Waals surface area contributed by atoms with Gasteiger partial charge >= 0.3 is 0 Å². The van der Waals surface area contributed by atoms with Crippen LogP contribution < -0.4 is 10.5 Å². The molecule has 0 saturated carbocycles. The van der Waals surface area contributed by atoms with Gasteiger partial charge in [-0.05, 0) is 19.1 Å². The zero-order chi connectivity index (χ0) is 11.5. The molecule has 0 amide bonds. The number of rotatable bonds is 3. The van der Waals surface area contributed by atoms with Crippen molar-refractivity contribution in [3.05, 3.63) is 30.5 Å². The van der Waals surface area contributed by atoms with E-state index >= 15 is 0 Å². The number of benzene rings is 1. The molecule has 0 bridgehead atoms. The molecule has 0 unspecified atom stereocenters. The Balaban J connectivity index is 2.50. The van der Waals surface area contributed by atoms with Crippen LogP contribution in [-0.4, -0.2) is 16.4 Å². The maximum atomic E-state index is 5.90. The van der Waals surface area contributed by atoms with Gasteiger partial charge in [-0.3, -0.25) is 4.68 Å². The number of aromatic nitrogens is 2. The molecule has 0 atom stereocenters. The first-order valence-electron chi connectivity index (χ1n) is 5.23. The summed E-state index contributed by atoms with van der Waals surface area (Å²) in [6, 6.07) is 7.77. The normalized spacial score (nSPS) is 10.4. The lowest BCUT2D eigenvalue weighted by molar-refractivity contribution is 0.341. The summed E-state index contributed by atoms with van der Waals surface area (Å²) in [6.07, 6.45) is 1.79. The maximum Gasteiger partial charge on any atom is 0.128 e. The first-order valence-corrected chi connectivity index (χ1v) is 5.23. The van der Waals surface area contributed by atoms with Gasteiger partial charge in [0.15, 0.2) is 0 Å². The van der Waals surface area contributed by atoms with E-state index in [0.29, 0.717) is 12.3 Å². The Morgan fingerprint density at radius 3 is 2.75 bits per heavy atom. The number of hydrogen-bond acceptors (Lipinski definition) is 3. The zero-order valence-corrected chi connectivity index (χ0v) is 9.47. The van der Waals surface area contributed by atoms with Gasteiger partial charge in [-0.25, -0.2) is 0 Å².